The topological polar surface area (TPSA) is 73.6 Å². The fourth-order valence-corrected chi connectivity index (χ4v) is 3.35. The fraction of sp³-hybridized carbons (Fsp3) is 0.310. The number of nitrogens with zero attached hydrogens (tertiary/aromatic N) is 1. The molecule has 2 N–H and O–H groups in total. The molecule has 0 saturated heterocycles. The first kappa shape index (κ1) is 26.7. The summed E-state index contributed by atoms with van der Waals surface area (Å²) in [5.74, 6) is -0.557. The Labute approximate surface area is 203 Å². The summed E-state index contributed by atoms with van der Waals surface area (Å²) in [6, 6.07) is 22.9. The number of hydrogen-bond acceptors (Lipinski definition) is 3. The monoisotopic (exact) mass is 460 g/mol. The van der Waals surface area contributed by atoms with E-state index < -0.39 is 5.97 Å². The number of ether oxygens (including phenoxy) is 1. The summed E-state index contributed by atoms with van der Waals surface area (Å²) < 4.78 is 5.74. The quantitative estimate of drug-likeness (QED) is 0.292. The van der Waals surface area contributed by atoms with E-state index in [0.717, 1.165) is 16.8 Å². The molecular weight excluding hydrogens is 424 g/mol. The predicted octanol–water partition coefficient (Wildman–Crippen LogP) is 7.08. The Morgan fingerprint density at radius 2 is 1.53 bits per heavy atom. The van der Waals surface area contributed by atoms with Gasteiger partial charge in [-0.1, -0.05) is 88.7 Å². The molecule has 0 spiro atoms. The number of hydrogen-bond donors (Lipinski definition) is 2. The van der Waals surface area contributed by atoms with Crippen molar-refractivity contribution < 1.29 is 14.6 Å². The van der Waals surface area contributed by atoms with Crippen LogP contribution in [0.3, 0.4) is 0 Å². The lowest BCUT2D eigenvalue weighted by atomic mass is 9.87. The van der Waals surface area contributed by atoms with Crippen LogP contribution in [-0.4, -0.2) is 23.5 Å². The first-order valence-corrected chi connectivity index (χ1v) is 11.6. The number of amidine groups is 1. The number of aromatic carboxylic acids is 1. The maximum absolute atomic E-state index is 11.4. The van der Waals surface area contributed by atoms with Crippen LogP contribution in [0.15, 0.2) is 72.8 Å². The number of aryl methyl sites for hydroxylation is 1. The molecule has 0 bridgehead atoms. The van der Waals surface area contributed by atoms with Crippen molar-refractivity contribution in [1.29, 1.82) is 5.41 Å². The molecule has 3 rings (SSSR count). The SMILES string of the molecule is CC.Cc1ccc(N(Cc2ccc(C(C)(C)C)cc2)C(=N)COc2ccccc2C(=O)O)cc1. The van der Waals surface area contributed by atoms with Gasteiger partial charge in [0, 0.05) is 12.2 Å². The third kappa shape index (κ3) is 7.20. The number of carbonyl (C=O) groups is 1. The average molecular weight is 461 g/mol. The summed E-state index contributed by atoms with van der Waals surface area (Å²) in [6.45, 7) is 13.0. The molecule has 0 fully saturated rings. The van der Waals surface area contributed by atoms with E-state index in [4.69, 9.17) is 10.1 Å². The molecule has 3 aromatic rings. The van der Waals surface area contributed by atoms with E-state index in [1.54, 1.807) is 18.2 Å². The highest BCUT2D eigenvalue weighted by Gasteiger charge is 2.17. The average Bonchev–Trinajstić information content (AvgIpc) is 2.83. The van der Waals surface area contributed by atoms with Gasteiger partial charge < -0.3 is 14.7 Å². The molecule has 0 atom stereocenters. The molecule has 0 aliphatic rings. The summed E-state index contributed by atoms with van der Waals surface area (Å²) in [5.41, 5.74) is 4.52. The molecular formula is C29H36N2O3. The lowest BCUT2D eigenvalue weighted by Gasteiger charge is -2.26. The first-order chi connectivity index (χ1) is 16.1. The zero-order chi connectivity index (χ0) is 25.3. The van der Waals surface area contributed by atoms with Crippen molar-refractivity contribution in [2.24, 2.45) is 0 Å². The van der Waals surface area contributed by atoms with Gasteiger partial charge in [0.25, 0.3) is 0 Å². The summed E-state index contributed by atoms with van der Waals surface area (Å²) in [7, 11) is 0. The van der Waals surface area contributed by atoms with Gasteiger partial charge in [0.2, 0.25) is 0 Å². The third-order valence-electron chi connectivity index (χ3n) is 5.31. The van der Waals surface area contributed by atoms with Crippen LogP contribution in [0.1, 0.15) is 61.7 Å². The lowest BCUT2D eigenvalue weighted by Crippen LogP contribution is -2.34. The van der Waals surface area contributed by atoms with Gasteiger partial charge in [0.05, 0.1) is 0 Å². The van der Waals surface area contributed by atoms with Gasteiger partial charge >= 0.3 is 5.97 Å². The highest BCUT2D eigenvalue weighted by molar-refractivity contribution is 5.97. The minimum atomic E-state index is -1.05. The summed E-state index contributed by atoms with van der Waals surface area (Å²) in [5, 5.41) is 18.1. The predicted molar refractivity (Wildman–Crippen MR) is 140 cm³/mol. The largest absolute Gasteiger partial charge is 0.485 e. The maximum Gasteiger partial charge on any atom is 0.339 e. The van der Waals surface area contributed by atoms with E-state index in [-0.39, 0.29) is 29.2 Å². The van der Waals surface area contributed by atoms with Gasteiger partial charge in [-0.3, -0.25) is 5.41 Å². The number of anilines is 1. The Balaban J connectivity index is 0.00000199. The van der Waals surface area contributed by atoms with Gasteiger partial charge in [-0.05, 0) is 47.7 Å². The maximum atomic E-state index is 11.4. The zero-order valence-corrected chi connectivity index (χ0v) is 21.1. The van der Waals surface area contributed by atoms with Crippen LogP contribution in [-0.2, 0) is 12.0 Å². The van der Waals surface area contributed by atoms with Crippen molar-refractivity contribution >= 4 is 17.5 Å². The van der Waals surface area contributed by atoms with Crippen molar-refractivity contribution in [3.05, 3.63) is 95.1 Å². The Kier molecular flexibility index (Phi) is 9.43. The molecule has 5 nitrogen and oxygen atoms in total. The van der Waals surface area contributed by atoms with Crippen molar-refractivity contribution in [2.45, 2.75) is 53.5 Å². The van der Waals surface area contributed by atoms with Crippen molar-refractivity contribution in [2.75, 3.05) is 11.5 Å². The van der Waals surface area contributed by atoms with Crippen molar-refractivity contribution in [1.82, 2.24) is 0 Å². The minimum absolute atomic E-state index is 0.0434. The fourth-order valence-electron chi connectivity index (χ4n) is 3.35. The van der Waals surface area contributed by atoms with E-state index >= 15 is 0 Å². The number of para-hydroxylation sites is 1. The van der Waals surface area contributed by atoms with Gasteiger partial charge in [0.15, 0.2) is 0 Å². The second kappa shape index (κ2) is 12.0. The van der Waals surface area contributed by atoms with Gasteiger partial charge in [0.1, 0.15) is 23.8 Å². The molecule has 180 valence electrons. The Bertz CT molecular complexity index is 1080. The number of carboxylic acids is 1. The number of rotatable bonds is 7. The van der Waals surface area contributed by atoms with E-state index in [2.05, 4.69) is 45.0 Å². The van der Waals surface area contributed by atoms with Gasteiger partial charge in [-0.25, -0.2) is 4.79 Å². The highest BCUT2D eigenvalue weighted by atomic mass is 16.5. The lowest BCUT2D eigenvalue weighted by molar-refractivity contribution is 0.0693. The van der Waals surface area contributed by atoms with Crippen LogP contribution in [0.4, 0.5) is 5.69 Å². The standard InChI is InChI=1S/C27H30N2O3.C2H6/c1-19-9-15-22(16-10-19)29(17-20-11-13-21(14-12-20)27(2,3)4)25(28)18-32-24-8-6-5-7-23(24)26(30)31;1-2/h5-16,28H,17-18H2,1-4H3,(H,30,31);1-2H3. The second-order valence-corrected chi connectivity index (χ2v) is 8.91. The number of carboxylic acid groups (broad SMARTS) is 1. The Morgan fingerprint density at radius 3 is 2.09 bits per heavy atom. The summed E-state index contributed by atoms with van der Waals surface area (Å²) >= 11 is 0. The normalized spacial score (nSPS) is 10.6. The second-order valence-electron chi connectivity index (χ2n) is 8.91. The van der Waals surface area contributed by atoms with Crippen LogP contribution >= 0.6 is 0 Å². The van der Waals surface area contributed by atoms with Gasteiger partial charge in [-0.15, -0.1) is 0 Å². The molecule has 0 amide bonds. The summed E-state index contributed by atoms with van der Waals surface area (Å²) in [6.07, 6.45) is 0. The van der Waals surface area contributed by atoms with Crippen LogP contribution < -0.4 is 9.64 Å². The van der Waals surface area contributed by atoms with Crippen molar-refractivity contribution in [3.63, 3.8) is 0 Å². The molecule has 34 heavy (non-hydrogen) atoms. The van der Waals surface area contributed by atoms with Crippen LogP contribution in [0.5, 0.6) is 5.75 Å². The summed E-state index contributed by atoms with van der Waals surface area (Å²) in [4.78, 5) is 13.3. The molecule has 3 aromatic carbocycles. The van der Waals surface area contributed by atoms with Gasteiger partial charge in [-0.2, -0.15) is 0 Å². The van der Waals surface area contributed by atoms with Crippen LogP contribution in [0, 0.1) is 12.3 Å². The molecule has 0 aliphatic carbocycles. The minimum Gasteiger partial charge on any atom is -0.485 e. The van der Waals surface area contributed by atoms with Crippen molar-refractivity contribution in [3.8, 4) is 5.75 Å². The van der Waals surface area contributed by atoms with E-state index in [9.17, 15) is 9.90 Å². The Morgan fingerprint density at radius 1 is 0.941 bits per heavy atom. The molecule has 5 heteroatoms. The molecule has 0 saturated carbocycles. The van der Waals surface area contributed by atoms with E-state index in [0.29, 0.717) is 6.54 Å². The van der Waals surface area contributed by atoms with E-state index in [1.165, 1.54) is 11.6 Å². The molecule has 0 radical (unpaired) electrons. The highest BCUT2D eigenvalue weighted by Crippen LogP contribution is 2.24. The molecule has 0 aliphatic heterocycles. The van der Waals surface area contributed by atoms with Crippen LogP contribution in [0.25, 0.3) is 0 Å². The van der Waals surface area contributed by atoms with Crippen LogP contribution in [0.2, 0.25) is 0 Å². The third-order valence-corrected chi connectivity index (χ3v) is 5.31. The zero-order valence-electron chi connectivity index (χ0n) is 21.1. The van der Waals surface area contributed by atoms with E-state index in [1.807, 2.05) is 49.9 Å². The number of benzene rings is 3. The molecule has 0 unspecified atom stereocenters. The molecule has 0 aromatic heterocycles. The number of nitrogens with one attached hydrogen (secondary N) is 1. The first-order valence-electron chi connectivity index (χ1n) is 11.6. The molecule has 0 heterocycles. The Hall–Kier alpha value is -3.60. The smallest absolute Gasteiger partial charge is 0.339 e.